The lowest BCUT2D eigenvalue weighted by Crippen LogP contribution is -1.97. The van der Waals surface area contributed by atoms with E-state index < -0.39 is 0 Å². The summed E-state index contributed by atoms with van der Waals surface area (Å²) in [6.45, 7) is 2.02. The largest absolute Gasteiger partial charge is 0.368 e. The molecular formula is C11H10ClN3. The van der Waals surface area contributed by atoms with Crippen LogP contribution in [0.25, 0.3) is 11.3 Å². The first-order chi connectivity index (χ1) is 7.16. The molecule has 2 rings (SSSR count). The van der Waals surface area contributed by atoms with Gasteiger partial charge in [-0.05, 0) is 12.5 Å². The zero-order chi connectivity index (χ0) is 10.8. The van der Waals surface area contributed by atoms with Crippen molar-refractivity contribution in [2.24, 2.45) is 0 Å². The normalized spacial score (nSPS) is 10.3. The molecule has 1 heterocycles. The van der Waals surface area contributed by atoms with Crippen LogP contribution in [0.3, 0.4) is 0 Å². The fourth-order valence-electron chi connectivity index (χ4n) is 1.43. The Balaban J connectivity index is 2.59. The van der Waals surface area contributed by atoms with Crippen LogP contribution >= 0.6 is 11.6 Å². The predicted octanol–water partition coefficient (Wildman–Crippen LogP) is 2.69. The molecule has 0 atom stereocenters. The fourth-order valence-corrected chi connectivity index (χ4v) is 1.62. The summed E-state index contributed by atoms with van der Waals surface area (Å²) in [5.74, 6) is 0.195. The lowest BCUT2D eigenvalue weighted by Gasteiger charge is -2.05. The monoisotopic (exact) mass is 219 g/mol. The minimum absolute atomic E-state index is 0.195. The maximum Gasteiger partial charge on any atom is 0.221 e. The number of rotatable bonds is 1. The summed E-state index contributed by atoms with van der Waals surface area (Å²) in [5.41, 5.74) is 8.45. The molecule has 0 radical (unpaired) electrons. The molecular weight excluding hydrogens is 210 g/mol. The summed E-state index contributed by atoms with van der Waals surface area (Å²) in [6.07, 6.45) is 0. The van der Waals surface area contributed by atoms with Crippen LogP contribution < -0.4 is 5.73 Å². The van der Waals surface area contributed by atoms with Crippen molar-refractivity contribution in [2.45, 2.75) is 6.92 Å². The summed E-state index contributed by atoms with van der Waals surface area (Å²) in [5, 5.41) is 0.362. The quantitative estimate of drug-likeness (QED) is 0.751. The number of anilines is 1. The van der Waals surface area contributed by atoms with Gasteiger partial charge in [-0.15, -0.1) is 0 Å². The number of aryl methyl sites for hydroxylation is 1. The van der Waals surface area contributed by atoms with Crippen molar-refractivity contribution in [3.05, 3.63) is 41.0 Å². The van der Waals surface area contributed by atoms with E-state index >= 15 is 0 Å². The van der Waals surface area contributed by atoms with Crippen LogP contribution in [0.1, 0.15) is 5.56 Å². The number of benzene rings is 1. The molecule has 4 heteroatoms. The fraction of sp³-hybridized carbons (Fsp3) is 0.0909. The van der Waals surface area contributed by atoms with Gasteiger partial charge in [0.1, 0.15) is 5.15 Å². The summed E-state index contributed by atoms with van der Waals surface area (Å²) >= 11 is 5.82. The Kier molecular flexibility index (Phi) is 2.56. The average molecular weight is 220 g/mol. The van der Waals surface area contributed by atoms with Gasteiger partial charge in [-0.25, -0.2) is 9.97 Å². The summed E-state index contributed by atoms with van der Waals surface area (Å²) in [7, 11) is 0. The van der Waals surface area contributed by atoms with E-state index in [1.165, 1.54) is 0 Å². The minimum Gasteiger partial charge on any atom is -0.368 e. The number of nitrogen functional groups attached to an aromatic ring is 1. The number of hydrogen-bond donors (Lipinski definition) is 1. The molecule has 0 spiro atoms. The van der Waals surface area contributed by atoms with Crippen LogP contribution in [0.5, 0.6) is 0 Å². The molecule has 0 fully saturated rings. The molecule has 0 saturated heterocycles. The van der Waals surface area contributed by atoms with Crippen LogP contribution in [-0.2, 0) is 0 Å². The average Bonchev–Trinajstić information content (AvgIpc) is 2.16. The van der Waals surface area contributed by atoms with E-state index in [1.807, 2.05) is 31.2 Å². The van der Waals surface area contributed by atoms with Crippen molar-refractivity contribution in [1.29, 1.82) is 0 Å². The first-order valence-corrected chi connectivity index (χ1v) is 4.90. The zero-order valence-corrected chi connectivity index (χ0v) is 8.99. The lowest BCUT2D eigenvalue weighted by molar-refractivity contribution is 1.18. The van der Waals surface area contributed by atoms with Crippen LogP contribution in [0.15, 0.2) is 30.3 Å². The Labute approximate surface area is 92.9 Å². The third-order valence-corrected chi connectivity index (χ3v) is 2.33. The van der Waals surface area contributed by atoms with E-state index in [0.29, 0.717) is 5.15 Å². The lowest BCUT2D eigenvalue weighted by atomic mass is 10.1. The molecule has 0 aliphatic rings. The third kappa shape index (κ3) is 2.07. The van der Waals surface area contributed by atoms with Crippen molar-refractivity contribution in [3.63, 3.8) is 0 Å². The van der Waals surface area contributed by atoms with E-state index in [4.69, 9.17) is 17.3 Å². The Morgan fingerprint density at radius 2 is 1.93 bits per heavy atom. The molecule has 3 nitrogen and oxygen atoms in total. The van der Waals surface area contributed by atoms with Gasteiger partial charge in [0.15, 0.2) is 0 Å². The highest BCUT2D eigenvalue weighted by atomic mass is 35.5. The molecule has 0 aliphatic carbocycles. The molecule has 0 unspecified atom stereocenters. The van der Waals surface area contributed by atoms with Gasteiger partial charge in [0.2, 0.25) is 5.95 Å². The van der Waals surface area contributed by atoms with Crippen molar-refractivity contribution < 1.29 is 0 Å². The minimum atomic E-state index is 0.195. The van der Waals surface area contributed by atoms with Gasteiger partial charge in [-0.3, -0.25) is 0 Å². The molecule has 0 amide bonds. The SMILES string of the molecule is Cc1ccccc1-c1cc(Cl)nc(N)n1. The molecule has 0 aliphatic heterocycles. The highest BCUT2D eigenvalue weighted by Crippen LogP contribution is 2.23. The Bertz CT molecular complexity index is 477. The maximum atomic E-state index is 5.82. The summed E-state index contributed by atoms with van der Waals surface area (Å²) in [6, 6.07) is 9.63. The van der Waals surface area contributed by atoms with Gasteiger partial charge >= 0.3 is 0 Å². The molecule has 0 saturated carbocycles. The van der Waals surface area contributed by atoms with E-state index in [-0.39, 0.29) is 5.95 Å². The van der Waals surface area contributed by atoms with E-state index in [0.717, 1.165) is 16.8 Å². The molecule has 0 bridgehead atoms. The van der Waals surface area contributed by atoms with Gasteiger partial charge in [-0.1, -0.05) is 35.9 Å². The topological polar surface area (TPSA) is 51.8 Å². The van der Waals surface area contributed by atoms with Crippen molar-refractivity contribution in [1.82, 2.24) is 9.97 Å². The Morgan fingerprint density at radius 1 is 1.20 bits per heavy atom. The first kappa shape index (κ1) is 9.93. The van der Waals surface area contributed by atoms with Crippen molar-refractivity contribution in [3.8, 4) is 11.3 Å². The van der Waals surface area contributed by atoms with Gasteiger partial charge in [-0.2, -0.15) is 0 Å². The number of nitrogens with two attached hydrogens (primary N) is 1. The molecule has 2 N–H and O–H groups in total. The van der Waals surface area contributed by atoms with Crippen LogP contribution in [0.2, 0.25) is 5.15 Å². The predicted molar refractivity (Wildman–Crippen MR) is 61.6 cm³/mol. The second-order valence-corrected chi connectivity index (χ2v) is 3.64. The number of halogens is 1. The Morgan fingerprint density at radius 3 is 2.60 bits per heavy atom. The van der Waals surface area contributed by atoms with Crippen molar-refractivity contribution >= 4 is 17.5 Å². The van der Waals surface area contributed by atoms with Crippen LogP contribution in [0.4, 0.5) is 5.95 Å². The van der Waals surface area contributed by atoms with Gasteiger partial charge < -0.3 is 5.73 Å². The number of hydrogen-bond acceptors (Lipinski definition) is 3. The molecule has 76 valence electrons. The standard InChI is InChI=1S/C11H10ClN3/c1-7-4-2-3-5-8(7)9-6-10(12)15-11(13)14-9/h2-6H,1H3,(H2,13,14,15). The van der Waals surface area contributed by atoms with E-state index in [1.54, 1.807) is 6.07 Å². The van der Waals surface area contributed by atoms with Gasteiger partial charge in [0, 0.05) is 11.6 Å². The van der Waals surface area contributed by atoms with E-state index in [2.05, 4.69) is 9.97 Å². The zero-order valence-electron chi connectivity index (χ0n) is 8.24. The molecule has 1 aromatic heterocycles. The van der Waals surface area contributed by atoms with Crippen molar-refractivity contribution in [2.75, 3.05) is 5.73 Å². The Hall–Kier alpha value is -1.61. The smallest absolute Gasteiger partial charge is 0.221 e. The van der Waals surface area contributed by atoms with Crippen LogP contribution in [0, 0.1) is 6.92 Å². The number of aromatic nitrogens is 2. The maximum absolute atomic E-state index is 5.82. The highest BCUT2D eigenvalue weighted by Gasteiger charge is 2.05. The molecule has 1 aromatic carbocycles. The second kappa shape index (κ2) is 3.87. The molecule has 2 aromatic rings. The third-order valence-electron chi connectivity index (χ3n) is 2.13. The summed E-state index contributed by atoms with van der Waals surface area (Å²) in [4.78, 5) is 7.97. The van der Waals surface area contributed by atoms with Gasteiger partial charge in [0.25, 0.3) is 0 Å². The second-order valence-electron chi connectivity index (χ2n) is 3.25. The molecule has 15 heavy (non-hydrogen) atoms. The first-order valence-electron chi connectivity index (χ1n) is 4.53. The number of nitrogens with zero attached hydrogens (tertiary/aromatic N) is 2. The highest BCUT2D eigenvalue weighted by molar-refractivity contribution is 6.29. The van der Waals surface area contributed by atoms with E-state index in [9.17, 15) is 0 Å². The van der Waals surface area contributed by atoms with Crippen LogP contribution in [-0.4, -0.2) is 9.97 Å². The van der Waals surface area contributed by atoms with Gasteiger partial charge in [0.05, 0.1) is 5.69 Å². The summed E-state index contributed by atoms with van der Waals surface area (Å²) < 4.78 is 0.